The summed E-state index contributed by atoms with van der Waals surface area (Å²) < 4.78 is 40.6. The number of aryl methyl sites for hydroxylation is 1. The first-order chi connectivity index (χ1) is 14.8. The normalized spacial score (nSPS) is 12.5. The third kappa shape index (κ3) is 5.96. The van der Waals surface area contributed by atoms with Crippen LogP contribution >= 0.6 is 0 Å². The van der Waals surface area contributed by atoms with Gasteiger partial charge in [0, 0.05) is 17.6 Å². The summed E-state index contributed by atoms with van der Waals surface area (Å²) in [5.74, 6) is 0.118. The van der Waals surface area contributed by atoms with Crippen LogP contribution in [0.2, 0.25) is 0 Å². The average Bonchev–Trinajstić information content (AvgIpc) is 2.74. The molecule has 31 heavy (non-hydrogen) atoms. The van der Waals surface area contributed by atoms with E-state index in [2.05, 4.69) is 41.4 Å². The number of nitrogens with one attached hydrogen (secondary N) is 2. The summed E-state index contributed by atoms with van der Waals surface area (Å²) in [5.41, 5.74) is 2.61. The molecule has 0 amide bonds. The van der Waals surface area contributed by atoms with Crippen molar-refractivity contribution in [2.45, 2.75) is 52.1 Å². The van der Waals surface area contributed by atoms with Crippen molar-refractivity contribution in [1.82, 2.24) is 9.97 Å². The summed E-state index contributed by atoms with van der Waals surface area (Å²) in [6, 6.07) is 15.1. The molecular weight excluding hydrogens is 401 g/mol. The molecule has 0 aliphatic rings. The van der Waals surface area contributed by atoms with Gasteiger partial charge in [-0.25, -0.2) is 4.98 Å². The lowest BCUT2D eigenvalue weighted by Gasteiger charge is -2.16. The van der Waals surface area contributed by atoms with E-state index in [0.29, 0.717) is 17.3 Å². The van der Waals surface area contributed by atoms with E-state index in [-0.39, 0.29) is 11.8 Å². The number of rotatable bonds is 8. The molecule has 0 bridgehead atoms. The van der Waals surface area contributed by atoms with Crippen LogP contribution < -0.4 is 10.6 Å². The Labute approximate surface area is 181 Å². The maximum atomic E-state index is 13.5. The highest BCUT2D eigenvalue weighted by atomic mass is 19.4. The summed E-state index contributed by atoms with van der Waals surface area (Å²) in [6.45, 7) is 6.26. The van der Waals surface area contributed by atoms with Crippen molar-refractivity contribution >= 4 is 23.1 Å². The van der Waals surface area contributed by atoms with E-state index in [0.717, 1.165) is 31.0 Å². The van der Waals surface area contributed by atoms with Crippen molar-refractivity contribution in [3.63, 3.8) is 0 Å². The molecule has 7 heteroatoms. The van der Waals surface area contributed by atoms with Crippen LogP contribution in [0.15, 0.2) is 54.7 Å². The Morgan fingerprint density at radius 3 is 2.35 bits per heavy atom. The van der Waals surface area contributed by atoms with Gasteiger partial charge in [0.15, 0.2) is 0 Å². The zero-order valence-electron chi connectivity index (χ0n) is 17.9. The fourth-order valence-electron chi connectivity index (χ4n) is 3.21. The fourth-order valence-corrected chi connectivity index (χ4v) is 3.21. The highest BCUT2D eigenvalue weighted by Crippen LogP contribution is 2.35. The molecule has 1 atom stereocenters. The summed E-state index contributed by atoms with van der Waals surface area (Å²) >= 11 is 0. The Hall–Kier alpha value is -3.09. The van der Waals surface area contributed by atoms with Gasteiger partial charge in [-0.2, -0.15) is 18.2 Å². The molecule has 1 unspecified atom stereocenters. The lowest BCUT2D eigenvalue weighted by atomic mass is 9.98. The van der Waals surface area contributed by atoms with Crippen molar-refractivity contribution < 1.29 is 13.2 Å². The molecule has 2 N–H and O–H groups in total. The topological polar surface area (TPSA) is 49.8 Å². The predicted molar refractivity (Wildman–Crippen MR) is 119 cm³/mol. The molecule has 0 saturated carbocycles. The Kier molecular flexibility index (Phi) is 7.15. The second-order valence-corrected chi connectivity index (χ2v) is 7.59. The average molecular weight is 429 g/mol. The van der Waals surface area contributed by atoms with Crippen molar-refractivity contribution in [2.75, 3.05) is 10.6 Å². The lowest BCUT2D eigenvalue weighted by molar-refractivity contribution is -0.137. The Balaban J connectivity index is 1.89. The van der Waals surface area contributed by atoms with Crippen molar-refractivity contribution in [3.8, 4) is 0 Å². The van der Waals surface area contributed by atoms with Crippen LogP contribution in [0.1, 0.15) is 56.2 Å². The van der Waals surface area contributed by atoms with Gasteiger partial charge in [-0.3, -0.25) is 0 Å². The quantitative estimate of drug-likeness (QED) is 0.391. The number of aromatic nitrogens is 2. The molecule has 3 aromatic rings. The second-order valence-electron chi connectivity index (χ2n) is 7.59. The standard InChI is InChI=1S/C24H27F3N4/c1-4-7-17-10-12-19(13-11-17)30-23-28-15-21(24(25,26)27)22(31-23)29-20-9-6-8-18(14-20)16(3)5-2/h6,8-16H,4-5,7H2,1-3H3,(H2,28,29,30,31). The van der Waals surface area contributed by atoms with Crippen LogP contribution in [0, 0.1) is 0 Å². The van der Waals surface area contributed by atoms with Gasteiger partial charge in [-0.15, -0.1) is 0 Å². The van der Waals surface area contributed by atoms with Gasteiger partial charge >= 0.3 is 6.18 Å². The van der Waals surface area contributed by atoms with E-state index in [1.165, 1.54) is 5.56 Å². The van der Waals surface area contributed by atoms with Gasteiger partial charge in [-0.05, 0) is 54.2 Å². The van der Waals surface area contributed by atoms with Crippen LogP contribution in [-0.4, -0.2) is 9.97 Å². The Morgan fingerprint density at radius 2 is 1.71 bits per heavy atom. The van der Waals surface area contributed by atoms with E-state index < -0.39 is 11.7 Å². The summed E-state index contributed by atoms with van der Waals surface area (Å²) in [7, 11) is 0. The first-order valence-corrected chi connectivity index (χ1v) is 10.5. The highest BCUT2D eigenvalue weighted by Gasteiger charge is 2.35. The molecule has 0 spiro atoms. The maximum absolute atomic E-state index is 13.5. The van der Waals surface area contributed by atoms with Crippen LogP contribution in [0.4, 0.5) is 36.3 Å². The molecular formula is C24H27F3N4. The first kappa shape index (κ1) is 22.6. The summed E-state index contributed by atoms with van der Waals surface area (Å²) in [5, 5.41) is 5.83. The largest absolute Gasteiger partial charge is 0.421 e. The minimum atomic E-state index is -4.57. The fraction of sp³-hybridized carbons (Fsp3) is 0.333. The second kappa shape index (κ2) is 9.81. The Bertz CT molecular complexity index is 1000. The minimum Gasteiger partial charge on any atom is -0.340 e. The number of nitrogens with zero attached hydrogens (tertiary/aromatic N) is 2. The zero-order chi connectivity index (χ0) is 22.4. The van der Waals surface area contributed by atoms with Gasteiger partial charge in [0.05, 0.1) is 0 Å². The van der Waals surface area contributed by atoms with E-state index >= 15 is 0 Å². The van der Waals surface area contributed by atoms with Crippen LogP contribution in [0.3, 0.4) is 0 Å². The molecule has 0 aliphatic carbocycles. The van der Waals surface area contributed by atoms with E-state index in [4.69, 9.17) is 0 Å². The lowest BCUT2D eigenvalue weighted by Crippen LogP contribution is -2.12. The number of alkyl halides is 3. The van der Waals surface area contributed by atoms with Crippen molar-refractivity contribution in [3.05, 3.63) is 71.4 Å². The zero-order valence-corrected chi connectivity index (χ0v) is 17.9. The van der Waals surface area contributed by atoms with Gasteiger partial charge in [0.2, 0.25) is 5.95 Å². The molecule has 0 saturated heterocycles. The molecule has 0 radical (unpaired) electrons. The number of benzene rings is 2. The Morgan fingerprint density at radius 1 is 0.968 bits per heavy atom. The molecule has 0 aliphatic heterocycles. The smallest absolute Gasteiger partial charge is 0.340 e. The molecule has 164 valence electrons. The van der Waals surface area contributed by atoms with Gasteiger partial charge in [0.25, 0.3) is 0 Å². The molecule has 1 heterocycles. The predicted octanol–water partition coefficient (Wildman–Crippen LogP) is 7.45. The number of anilines is 4. The molecule has 2 aromatic carbocycles. The number of hydrogen-bond acceptors (Lipinski definition) is 4. The minimum absolute atomic E-state index is 0.0943. The van der Waals surface area contributed by atoms with Crippen molar-refractivity contribution in [1.29, 1.82) is 0 Å². The van der Waals surface area contributed by atoms with Gasteiger partial charge in [-0.1, -0.05) is 51.5 Å². The third-order valence-corrected chi connectivity index (χ3v) is 5.17. The maximum Gasteiger partial charge on any atom is 0.421 e. The molecule has 1 aromatic heterocycles. The molecule has 4 nitrogen and oxygen atoms in total. The van der Waals surface area contributed by atoms with E-state index in [9.17, 15) is 13.2 Å². The van der Waals surface area contributed by atoms with Crippen LogP contribution in [0.5, 0.6) is 0 Å². The van der Waals surface area contributed by atoms with Gasteiger partial charge < -0.3 is 10.6 Å². The monoisotopic (exact) mass is 428 g/mol. The SMILES string of the molecule is CCCc1ccc(Nc2ncc(C(F)(F)F)c(Nc3cccc(C(C)CC)c3)n2)cc1. The van der Waals surface area contributed by atoms with Crippen LogP contribution in [0.25, 0.3) is 0 Å². The first-order valence-electron chi connectivity index (χ1n) is 10.5. The molecule has 0 fully saturated rings. The van der Waals surface area contributed by atoms with Crippen LogP contribution in [-0.2, 0) is 12.6 Å². The summed E-state index contributed by atoms with van der Waals surface area (Å²) in [6.07, 6.45) is -0.808. The van der Waals surface area contributed by atoms with Crippen molar-refractivity contribution in [2.24, 2.45) is 0 Å². The number of halogens is 3. The highest BCUT2D eigenvalue weighted by molar-refractivity contribution is 5.63. The molecule has 3 rings (SSSR count). The summed E-state index contributed by atoms with van der Waals surface area (Å²) in [4.78, 5) is 8.01. The number of hydrogen-bond donors (Lipinski definition) is 2. The van der Waals surface area contributed by atoms with E-state index in [1.807, 2.05) is 42.5 Å². The third-order valence-electron chi connectivity index (χ3n) is 5.17. The van der Waals surface area contributed by atoms with E-state index in [1.54, 1.807) is 6.07 Å². The van der Waals surface area contributed by atoms with Gasteiger partial charge in [0.1, 0.15) is 11.4 Å².